The fraction of sp³-hybridized carbons (Fsp3) is 0.227. The van der Waals surface area contributed by atoms with Crippen molar-refractivity contribution in [1.82, 2.24) is 14.0 Å². The summed E-state index contributed by atoms with van der Waals surface area (Å²) in [4.78, 5) is 17.8. The number of hydrogen-bond acceptors (Lipinski definition) is 6. The van der Waals surface area contributed by atoms with Gasteiger partial charge in [0.25, 0.3) is 5.56 Å². The van der Waals surface area contributed by atoms with Crippen molar-refractivity contribution in [1.29, 1.82) is 5.41 Å². The van der Waals surface area contributed by atoms with Gasteiger partial charge >= 0.3 is 0 Å². The average Bonchev–Trinajstić information content (AvgIpc) is 2.76. The molecule has 1 N–H and O–H groups in total. The molecule has 10 heteroatoms. The Labute approximate surface area is 192 Å². The predicted molar refractivity (Wildman–Crippen MR) is 124 cm³/mol. The average molecular weight is 517 g/mol. The maximum atomic E-state index is 13.4. The Morgan fingerprint density at radius 3 is 2.56 bits per heavy atom. The molecule has 32 heavy (non-hydrogen) atoms. The molecule has 0 amide bonds. The molecule has 4 aromatic rings. The summed E-state index contributed by atoms with van der Waals surface area (Å²) >= 11 is 3.30. The van der Waals surface area contributed by atoms with E-state index < -0.39 is 9.84 Å². The summed E-state index contributed by atoms with van der Waals surface area (Å²) in [6.07, 6.45) is 2.13. The van der Waals surface area contributed by atoms with Gasteiger partial charge in [-0.3, -0.25) is 14.6 Å². The molecule has 0 saturated carbocycles. The van der Waals surface area contributed by atoms with Crippen LogP contribution in [0.4, 0.5) is 0 Å². The van der Waals surface area contributed by atoms with Crippen LogP contribution in [-0.4, -0.2) is 36.1 Å². The first-order valence-electron chi connectivity index (χ1n) is 9.85. The van der Waals surface area contributed by atoms with Gasteiger partial charge in [-0.25, -0.2) is 13.4 Å². The van der Waals surface area contributed by atoms with E-state index in [-0.39, 0.29) is 38.4 Å². The maximum absolute atomic E-state index is 13.4. The van der Waals surface area contributed by atoms with Gasteiger partial charge in [-0.15, -0.1) is 0 Å². The second-order valence-corrected chi connectivity index (χ2v) is 10.2. The van der Waals surface area contributed by atoms with Gasteiger partial charge in [0.05, 0.1) is 10.3 Å². The normalized spacial score (nSPS) is 12.0. The number of fused-ring (bicyclic) bond motifs is 2. The Balaban J connectivity index is 2.09. The molecule has 0 radical (unpaired) electrons. The summed E-state index contributed by atoms with van der Waals surface area (Å²) in [7, 11) is -2.48. The van der Waals surface area contributed by atoms with Gasteiger partial charge < -0.3 is 9.30 Å². The van der Waals surface area contributed by atoms with E-state index in [4.69, 9.17) is 10.1 Å². The Bertz CT molecular complexity index is 1560. The van der Waals surface area contributed by atoms with E-state index in [1.807, 2.05) is 13.0 Å². The van der Waals surface area contributed by atoms with E-state index in [2.05, 4.69) is 20.9 Å². The molecule has 166 valence electrons. The quantitative estimate of drug-likeness (QED) is 0.313. The highest BCUT2D eigenvalue weighted by atomic mass is 79.9. The highest BCUT2D eigenvalue weighted by molar-refractivity contribution is 9.10. The number of ether oxygens (including phenoxy) is 1. The lowest BCUT2D eigenvalue weighted by atomic mass is 10.2. The van der Waals surface area contributed by atoms with Gasteiger partial charge in [0, 0.05) is 30.9 Å². The molecule has 0 fully saturated rings. The van der Waals surface area contributed by atoms with Gasteiger partial charge in [-0.05, 0) is 55.3 Å². The van der Waals surface area contributed by atoms with Crippen molar-refractivity contribution < 1.29 is 13.2 Å². The van der Waals surface area contributed by atoms with Crippen LogP contribution in [-0.2, 0) is 21.1 Å². The van der Waals surface area contributed by atoms with Crippen LogP contribution in [0.15, 0.2) is 67.7 Å². The molecule has 3 aromatic heterocycles. The highest BCUT2D eigenvalue weighted by Gasteiger charge is 2.24. The Morgan fingerprint density at radius 2 is 1.88 bits per heavy atom. The van der Waals surface area contributed by atoms with Crippen LogP contribution < -0.4 is 11.0 Å². The maximum Gasteiger partial charge on any atom is 0.267 e. The first-order chi connectivity index (χ1) is 15.3. The van der Waals surface area contributed by atoms with Crippen LogP contribution in [0.2, 0.25) is 0 Å². The van der Waals surface area contributed by atoms with Crippen molar-refractivity contribution in [3.8, 4) is 0 Å². The molecular formula is C22H21BrN4O4S. The van der Waals surface area contributed by atoms with Crippen molar-refractivity contribution in [2.24, 2.45) is 0 Å². The van der Waals surface area contributed by atoms with E-state index in [1.54, 1.807) is 31.5 Å². The third-order valence-corrected chi connectivity index (χ3v) is 7.55. The number of hydrogen-bond donors (Lipinski definition) is 1. The van der Waals surface area contributed by atoms with E-state index in [1.165, 1.54) is 27.2 Å². The summed E-state index contributed by atoms with van der Waals surface area (Å²) in [6, 6.07) is 11.0. The van der Waals surface area contributed by atoms with Crippen LogP contribution in [0.1, 0.15) is 12.0 Å². The molecule has 0 unspecified atom stereocenters. The number of methoxy groups -OCH3 is 1. The molecule has 0 saturated heterocycles. The zero-order chi connectivity index (χ0) is 23.0. The van der Waals surface area contributed by atoms with E-state index in [0.717, 1.165) is 10.0 Å². The Morgan fingerprint density at radius 1 is 1.16 bits per heavy atom. The van der Waals surface area contributed by atoms with Crippen molar-refractivity contribution in [2.45, 2.75) is 29.7 Å². The van der Waals surface area contributed by atoms with Crippen molar-refractivity contribution in [3.63, 3.8) is 0 Å². The number of benzene rings is 1. The minimum atomic E-state index is -4.05. The standard InChI is InChI=1S/C22H21BrN4O4S/c1-14-5-3-10-27-20(14)25-21-17(22(27)28)13-18(19(24)26(21)11-4-12-31-2)32(29,30)16-8-6-15(23)7-9-16/h3,5-10,13,24H,4,11-12H2,1-2H3. The van der Waals surface area contributed by atoms with Gasteiger partial charge in [0.1, 0.15) is 21.7 Å². The fourth-order valence-electron chi connectivity index (χ4n) is 3.60. The van der Waals surface area contributed by atoms with Crippen LogP contribution in [0.3, 0.4) is 0 Å². The van der Waals surface area contributed by atoms with E-state index in [9.17, 15) is 13.2 Å². The first kappa shape index (κ1) is 22.4. The number of nitrogens with one attached hydrogen (secondary N) is 1. The number of rotatable bonds is 6. The lowest BCUT2D eigenvalue weighted by Crippen LogP contribution is -2.30. The van der Waals surface area contributed by atoms with Gasteiger partial charge in [0.2, 0.25) is 9.84 Å². The zero-order valence-corrected chi connectivity index (χ0v) is 19.9. The molecule has 0 bridgehead atoms. The summed E-state index contributed by atoms with van der Waals surface area (Å²) in [5.74, 6) is 0. The molecule has 0 spiro atoms. The van der Waals surface area contributed by atoms with E-state index >= 15 is 0 Å². The molecule has 1 aromatic carbocycles. The molecular weight excluding hydrogens is 496 g/mol. The fourth-order valence-corrected chi connectivity index (χ4v) is 5.25. The number of aryl methyl sites for hydroxylation is 2. The molecule has 8 nitrogen and oxygen atoms in total. The first-order valence-corrected chi connectivity index (χ1v) is 12.1. The van der Waals surface area contributed by atoms with Crippen LogP contribution in [0, 0.1) is 12.3 Å². The lowest BCUT2D eigenvalue weighted by molar-refractivity contribution is 0.190. The monoisotopic (exact) mass is 516 g/mol. The van der Waals surface area contributed by atoms with E-state index in [0.29, 0.717) is 18.7 Å². The second kappa shape index (κ2) is 8.61. The summed E-state index contributed by atoms with van der Waals surface area (Å²) in [5, 5.41) is 8.86. The summed E-state index contributed by atoms with van der Waals surface area (Å²) in [6.45, 7) is 2.54. The van der Waals surface area contributed by atoms with Crippen LogP contribution in [0.25, 0.3) is 16.7 Å². The third-order valence-electron chi connectivity index (χ3n) is 5.24. The lowest BCUT2D eigenvalue weighted by Gasteiger charge is -2.15. The molecule has 0 aliphatic heterocycles. The van der Waals surface area contributed by atoms with Crippen molar-refractivity contribution in [3.05, 3.63) is 74.5 Å². The van der Waals surface area contributed by atoms with Crippen LogP contribution in [0.5, 0.6) is 0 Å². The number of pyridine rings is 2. The zero-order valence-electron chi connectivity index (χ0n) is 17.5. The number of nitrogens with zero attached hydrogens (tertiary/aromatic N) is 3. The topological polar surface area (TPSA) is 107 Å². The predicted octanol–water partition coefficient (Wildman–Crippen LogP) is 3.07. The Hall–Kier alpha value is -2.82. The molecule has 3 heterocycles. The second-order valence-electron chi connectivity index (χ2n) is 7.35. The largest absolute Gasteiger partial charge is 0.385 e. The molecule has 0 atom stereocenters. The summed E-state index contributed by atoms with van der Waals surface area (Å²) < 4.78 is 35.6. The SMILES string of the molecule is COCCCn1c(=N)c(S(=O)(=O)c2ccc(Br)cc2)cc2c(=O)n3cccc(C)c3nc21. The number of halogens is 1. The van der Waals surface area contributed by atoms with Crippen LogP contribution >= 0.6 is 15.9 Å². The Kier molecular flexibility index (Phi) is 6.02. The summed E-state index contributed by atoms with van der Waals surface area (Å²) in [5.41, 5.74) is 0.935. The van der Waals surface area contributed by atoms with Crippen molar-refractivity contribution >= 4 is 42.4 Å². The number of sulfone groups is 1. The minimum absolute atomic E-state index is 0.0432. The number of aromatic nitrogens is 3. The molecule has 0 aliphatic rings. The smallest absolute Gasteiger partial charge is 0.267 e. The van der Waals surface area contributed by atoms with Gasteiger partial charge in [-0.2, -0.15) is 0 Å². The molecule has 0 aliphatic carbocycles. The van der Waals surface area contributed by atoms with Crippen molar-refractivity contribution in [2.75, 3.05) is 13.7 Å². The van der Waals surface area contributed by atoms with Gasteiger partial charge in [-0.1, -0.05) is 22.0 Å². The minimum Gasteiger partial charge on any atom is -0.385 e. The molecule has 4 rings (SSSR count). The third kappa shape index (κ3) is 3.78. The van der Waals surface area contributed by atoms with Gasteiger partial charge in [0.15, 0.2) is 0 Å². The highest BCUT2D eigenvalue weighted by Crippen LogP contribution is 2.23.